The van der Waals surface area contributed by atoms with Crippen molar-refractivity contribution in [2.24, 2.45) is 5.73 Å². The predicted molar refractivity (Wildman–Crippen MR) is 60.6 cm³/mol. The molecule has 0 amide bonds. The van der Waals surface area contributed by atoms with E-state index >= 15 is 0 Å². The smallest absolute Gasteiger partial charge is 0.135 e. The zero-order chi connectivity index (χ0) is 10.7. The molecule has 1 fully saturated rings. The molecular formula is C12H19N3. The summed E-state index contributed by atoms with van der Waals surface area (Å²) < 4.78 is 0. The zero-order valence-electron chi connectivity index (χ0n) is 9.37. The Kier molecular flexibility index (Phi) is 3.00. The summed E-state index contributed by atoms with van der Waals surface area (Å²) >= 11 is 0. The van der Waals surface area contributed by atoms with Gasteiger partial charge in [0.15, 0.2) is 0 Å². The Hall–Kier alpha value is -0.960. The van der Waals surface area contributed by atoms with Crippen molar-refractivity contribution < 1.29 is 0 Å². The fraction of sp³-hybridized carbons (Fsp3) is 0.667. The molecule has 2 N–H and O–H groups in total. The molecule has 0 unspecified atom stereocenters. The molecule has 1 aliphatic rings. The normalized spacial score (nSPS) is 20.1. The van der Waals surface area contributed by atoms with Crippen LogP contribution in [0, 0.1) is 6.92 Å². The summed E-state index contributed by atoms with van der Waals surface area (Å²) in [6, 6.07) is 1.94. The first-order valence-corrected chi connectivity index (χ1v) is 5.77. The minimum Gasteiger partial charge on any atom is -0.329 e. The summed E-state index contributed by atoms with van der Waals surface area (Å²) in [4.78, 5) is 8.96. The molecule has 0 bridgehead atoms. The van der Waals surface area contributed by atoms with Crippen LogP contribution in [0.3, 0.4) is 0 Å². The summed E-state index contributed by atoms with van der Waals surface area (Å²) in [7, 11) is 0. The van der Waals surface area contributed by atoms with E-state index in [1.54, 1.807) is 0 Å². The number of aryl methyl sites for hydroxylation is 1. The largest absolute Gasteiger partial charge is 0.329 e. The molecule has 1 saturated carbocycles. The van der Waals surface area contributed by atoms with Crippen molar-refractivity contribution in [2.45, 2.75) is 44.4 Å². The zero-order valence-corrected chi connectivity index (χ0v) is 9.37. The Morgan fingerprint density at radius 3 is 2.67 bits per heavy atom. The van der Waals surface area contributed by atoms with Gasteiger partial charge >= 0.3 is 0 Å². The van der Waals surface area contributed by atoms with E-state index in [0.717, 1.165) is 24.4 Å². The van der Waals surface area contributed by atoms with Crippen molar-refractivity contribution >= 4 is 0 Å². The summed E-state index contributed by atoms with van der Waals surface area (Å²) in [6.07, 6.45) is 7.99. The first-order chi connectivity index (χ1) is 7.27. The molecule has 1 aromatic heterocycles. The first-order valence-electron chi connectivity index (χ1n) is 5.77. The number of nitrogens with zero attached hydrogens (tertiary/aromatic N) is 2. The van der Waals surface area contributed by atoms with Gasteiger partial charge in [-0.25, -0.2) is 9.97 Å². The van der Waals surface area contributed by atoms with Gasteiger partial charge in [0.2, 0.25) is 0 Å². The summed E-state index contributed by atoms with van der Waals surface area (Å²) in [5.41, 5.74) is 7.04. The lowest BCUT2D eigenvalue weighted by Crippen LogP contribution is -2.38. The van der Waals surface area contributed by atoms with E-state index in [2.05, 4.69) is 9.97 Å². The van der Waals surface area contributed by atoms with Crippen LogP contribution in [-0.2, 0) is 5.41 Å². The van der Waals surface area contributed by atoms with Crippen LogP contribution in [0.1, 0.15) is 43.6 Å². The van der Waals surface area contributed by atoms with Gasteiger partial charge in [0, 0.05) is 23.9 Å². The Labute approximate surface area is 91.1 Å². The lowest BCUT2D eigenvalue weighted by atomic mass is 9.73. The minimum absolute atomic E-state index is 0.0598. The molecule has 0 atom stereocenters. The maximum absolute atomic E-state index is 5.94. The molecule has 2 rings (SSSR count). The topological polar surface area (TPSA) is 51.8 Å². The third-order valence-corrected chi connectivity index (χ3v) is 3.47. The van der Waals surface area contributed by atoms with Crippen LogP contribution >= 0.6 is 0 Å². The van der Waals surface area contributed by atoms with E-state index in [1.165, 1.54) is 19.3 Å². The predicted octanol–water partition coefficient (Wildman–Crippen LogP) is 1.95. The maximum Gasteiger partial charge on any atom is 0.135 e. The van der Waals surface area contributed by atoms with Gasteiger partial charge in [-0.3, -0.25) is 0 Å². The van der Waals surface area contributed by atoms with Crippen LogP contribution in [0.4, 0.5) is 0 Å². The maximum atomic E-state index is 5.94. The van der Waals surface area contributed by atoms with Crippen LogP contribution in [0.15, 0.2) is 12.3 Å². The molecule has 15 heavy (non-hydrogen) atoms. The third-order valence-electron chi connectivity index (χ3n) is 3.47. The van der Waals surface area contributed by atoms with Gasteiger partial charge in [-0.1, -0.05) is 19.3 Å². The van der Waals surface area contributed by atoms with Crippen LogP contribution in [-0.4, -0.2) is 16.5 Å². The van der Waals surface area contributed by atoms with E-state index in [1.807, 2.05) is 19.2 Å². The Morgan fingerprint density at radius 1 is 1.33 bits per heavy atom. The highest BCUT2D eigenvalue weighted by atomic mass is 14.9. The quantitative estimate of drug-likeness (QED) is 0.802. The van der Waals surface area contributed by atoms with E-state index in [4.69, 9.17) is 5.73 Å². The molecule has 0 spiro atoms. The average Bonchev–Trinajstić information content (AvgIpc) is 2.30. The second-order valence-corrected chi connectivity index (χ2v) is 4.57. The van der Waals surface area contributed by atoms with Crippen molar-refractivity contribution in [1.29, 1.82) is 0 Å². The van der Waals surface area contributed by atoms with Gasteiger partial charge in [-0.15, -0.1) is 0 Å². The number of hydrogen-bond donors (Lipinski definition) is 1. The standard InChI is InChI=1S/C12H19N3/c1-10-5-8-14-11(15-10)12(9-13)6-3-2-4-7-12/h5,8H,2-4,6-7,9,13H2,1H3. The highest BCUT2D eigenvalue weighted by Crippen LogP contribution is 2.36. The second-order valence-electron chi connectivity index (χ2n) is 4.57. The highest BCUT2D eigenvalue weighted by Gasteiger charge is 2.35. The van der Waals surface area contributed by atoms with E-state index in [-0.39, 0.29) is 5.41 Å². The molecule has 1 aliphatic carbocycles. The van der Waals surface area contributed by atoms with E-state index < -0.39 is 0 Å². The summed E-state index contributed by atoms with van der Waals surface area (Å²) in [5, 5.41) is 0. The number of aromatic nitrogens is 2. The molecule has 0 aromatic carbocycles. The minimum atomic E-state index is 0.0598. The van der Waals surface area contributed by atoms with Crippen LogP contribution in [0.5, 0.6) is 0 Å². The molecule has 1 aromatic rings. The Bertz CT molecular complexity index is 329. The van der Waals surface area contributed by atoms with Crippen LogP contribution in [0.25, 0.3) is 0 Å². The molecule has 0 aliphatic heterocycles. The van der Waals surface area contributed by atoms with Crippen LogP contribution < -0.4 is 5.73 Å². The van der Waals surface area contributed by atoms with Crippen molar-refractivity contribution in [3.05, 3.63) is 23.8 Å². The van der Waals surface area contributed by atoms with E-state index in [0.29, 0.717) is 6.54 Å². The average molecular weight is 205 g/mol. The molecule has 0 saturated heterocycles. The van der Waals surface area contributed by atoms with Gasteiger partial charge in [-0.05, 0) is 25.8 Å². The molecule has 1 heterocycles. The Morgan fingerprint density at radius 2 is 2.07 bits per heavy atom. The monoisotopic (exact) mass is 205 g/mol. The van der Waals surface area contributed by atoms with Gasteiger partial charge < -0.3 is 5.73 Å². The molecule has 3 nitrogen and oxygen atoms in total. The van der Waals surface area contributed by atoms with Gasteiger partial charge in [0.05, 0.1) is 0 Å². The third kappa shape index (κ3) is 2.02. The SMILES string of the molecule is Cc1ccnc(C2(CN)CCCCC2)n1. The number of hydrogen-bond acceptors (Lipinski definition) is 3. The fourth-order valence-electron chi connectivity index (χ4n) is 2.45. The molecule has 0 radical (unpaired) electrons. The van der Waals surface area contributed by atoms with Crippen molar-refractivity contribution in [3.63, 3.8) is 0 Å². The van der Waals surface area contributed by atoms with Gasteiger partial charge in [-0.2, -0.15) is 0 Å². The lowest BCUT2D eigenvalue weighted by Gasteiger charge is -2.34. The lowest BCUT2D eigenvalue weighted by molar-refractivity contribution is 0.285. The van der Waals surface area contributed by atoms with Crippen LogP contribution in [0.2, 0.25) is 0 Å². The highest BCUT2D eigenvalue weighted by molar-refractivity contribution is 5.13. The first kappa shape index (κ1) is 10.6. The van der Waals surface area contributed by atoms with E-state index in [9.17, 15) is 0 Å². The molecular weight excluding hydrogens is 186 g/mol. The fourth-order valence-corrected chi connectivity index (χ4v) is 2.45. The number of rotatable bonds is 2. The molecule has 82 valence electrons. The van der Waals surface area contributed by atoms with Gasteiger partial charge in [0.1, 0.15) is 5.82 Å². The second kappa shape index (κ2) is 4.27. The Balaban J connectivity index is 2.32. The van der Waals surface area contributed by atoms with Crippen molar-refractivity contribution in [3.8, 4) is 0 Å². The van der Waals surface area contributed by atoms with Gasteiger partial charge in [0.25, 0.3) is 0 Å². The molecule has 3 heteroatoms. The number of nitrogens with two attached hydrogens (primary N) is 1. The van der Waals surface area contributed by atoms with Crippen molar-refractivity contribution in [1.82, 2.24) is 9.97 Å². The summed E-state index contributed by atoms with van der Waals surface area (Å²) in [5.74, 6) is 0.963. The van der Waals surface area contributed by atoms with Crippen molar-refractivity contribution in [2.75, 3.05) is 6.54 Å². The summed E-state index contributed by atoms with van der Waals surface area (Å²) in [6.45, 7) is 2.69.